The topological polar surface area (TPSA) is 110 Å². The second kappa shape index (κ2) is 6.97. The Kier molecular flexibility index (Phi) is 4.50. The summed E-state index contributed by atoms with van der Waals surface area (Å²) in [5, 5.41) is 8.10. The SMILES string of the molecule is CCOC(=O)N1CCN(C(=O)C2CN(c3ncnc4c3nnn4C)C2)CC1. The lowest BCUT2D eigenvalue weighted by molar-refractivity contribution is -0.138. The van der Waals surface area contributed by atoms with Gasteiger partial charge in [0.15, 0.2) is 17.0 Å². The maximum absolute atomic E-state index is 12.7. The number of amides is 2. The number of carbonyl (C=O) groups excluding carboxylic acids is 2. The number of carbonyl (C=O) groups is 2. The van der Waals surface area contributed by atoms with Gasteiger partial charge in [0.2, 0.25) is 5.91 Å². The summed E-state index contributed by atoms with van der Waals surface area (Å²) >= 11 is 0. The van der Waals surface area contributed by atoms with Gasteiger partial charge < -0.3 is 19.4 Å². The van der Waals surface area contributed by atoms with Gasteiger partial charge >= 0.3 is 6.09 Å². The second-order valence-electron chi connectivity index (χ2n) is 6.70. The van der Waals surface area contributed by atoms with Crippen molar-refractivity contribution in [1.82, 2.24) is 34.8 Å². The van der Waals surface area contributed by atoms with Crippen LogP contribution < -0.4 is 4.90 Å². The molecule has 0 saturated carbocycles. The van der Waals surface area contributed by atoms with Gasteiger partial charge in [-0.1, -0.05) is 5.21 Å². The molecule has 144 valence electrons. The van der Waals surface area contributed by atoms with Crippen molar-refractivity contribution in [3.05, 3.63) is 6.33 Å². The summed E-state index contributed by atoms with van der Waals surface area (Å²) in [6, 6.07) is 0. The molecule has 2 aromatic heterocycles. The van der Waals surface area contributed by atoms with Crippen molar-refractivity contribution in [2.45, 2.75) is 6.92 Å². The molecule has 0 aliphatic carbocycles. The molecular formula is C16H22N8O3. The van der Waals surface area contributed by atoms with Gasteiger partial charge in [-0.2, -0.15) is 0 Å². The van der Waals surface area contributed by atoms with Crippen molar-refractivity contribution in [2.75, 3.05) is 50.8 Å². The zero-order chi connectivity index (χ0) is 19.0. The summed E-state index contributed by atoms with van der Waals surface area (Å²) in [6.07, 6.45) is 1.18. The van der Waals surface area contributed by atoms with Crippen LogP contribution in [0.2, 0.25) is 0 Å². The predicted molar refractivity (Wildman–Crippen MR) is 95.0 cm³/mol. The molecule has 2 aliphatic rings. The third kappa shape index (κ3) is 3.13. The van der Waals surface area contributed by atoms with Gasteiger partial charge in [0.1, 0.15) is 6.33 Å². The number of nitrogens with zero attached hydrogens (tertiary/aromatic N) is 8. The molecule has 2 fully saturated rings. The predicted octanol–water partition coefficient (Wildman–Crippen LogP) is -0.505. The Bertz CT molecular complexity index is 854. The van der Waals surface area contributed by atoms with Crippen molar-refractivity contribution in [3.63, 3.8) is 0 Å². The lowest BCUT2D eigenvalue weighted by atomic mass is 9.98. The molecule has 2 amide bonds. The van der Waals surface area contributed by atoms with Crippen molar-refractivity contribution in [1.29, 1.82) is 0 Å². The van der Waals surface area contributed by atoms with Crippen LogP contribution >= 0.6 is 0 Å². The highest BCUT2D eigenvalue weighted by Gasteiger charge is 2.38. The number of fused-ring (bicyclic) bond motifs is 1. The van der Waals surface area contributed by atoms with E-state index in [1.807, 2.05) is 9.80 Å². The first-order valence-corrected chi connectivity index (χ1v) is 9.04. The van der Waals surface area contributed by atoms with E-state index in [4.69, 9.17) is 4.74 Å². The Morgan fingerprint density at radius 3 is 2.56 bits per heavy atom. The fraction of sp³-hybridized carbons (Fsp3) is 0.625. The number of aryl methyl sites for hydroxylation is 1. The van der Waals surface area contributed by atoms with E-state index in [1.54, 1.807) is 23.6 Å². The maximum atomic E-state index is 12.7. The molecule has 0 spiro atoms. The van der Waals surface area contributed by atoms with E-state index in [-0.39, 0.29) is 17.9 Å². The largest absolute Gasteiger partial charge is 0.450 e. The van der Waals surface area contributed by atoms with Crippen LogP contribution in [0.5, 0.6) is 0 Å². The van der Waals surface area contributed by atoms with Crippen LogP contribution in [0.3, 0.4) is 0 Å². The van der Waals surface area contributed by atoms with Gasteiger partial charge in [0.25, 0.3) is 0 Å². The summed E-state index contributed by atoms with van der Waals surface area (Å²) in [5.74, 6) is 0.768. The fourth-order valence-corrected chi connectivity index (χ4v) is 3.46. The zero-order valence-corrected chi connectivity index (χ0v) is 15.4. The molecule has 0 unspecified atom stereocenters. The molecule has 2 aromatic rings. The molecule has 4 heterocycles. The van der Waals surface area contributed by atoms with E-state index in [9.17, 15) is 9.59 Å². The molecule has 0 aromatic carbocycles. The number of aromatic nitrogens is 5. The monoisotopic (exact) mass is 374 g/mol. The molecule has 0 N–H and O–H groups in total. The van der Waals surface area contributed by atoms with E-state index in [0.29, 0.717) is 62.9 Å². The van der Waals surface area contributed by atoms with Gasteiger partial charge in [-0.25, -0.2) is 19.4 Å². The van der Waals surface area contributed by atoms with E-state index in [1.165, 1.54) is 6.33 Å². The third-order valence-electron chi connectivity index (χ3n) is 5.02. The van der Waals surface area contributed by atoms with Crippen LogP contribution in [-0.2, 0) is 16.6 Å². The minimum atomic E-state index is -0.309. The van der Waals surface area contributed by atoms with Crippen molar-refractivity contribution in [3.8, 4) is 0 Å². The highest BCUT2D eigenvalue weighted by atomic mass is 16.6. The lowest BCUT2D eigenvalue weighted by Gasteiger charge is -2.43. The molecule has 0 atom stereocenters. The molecule has 2 saturated heterocycles. The average molecular weight is 374 g/mol. The van der Waals surface area contributed by atoms with E-state index >= 15 is 0 Å². The van der Waals surface area contributed by atoms with Crippen molar-refractivity contribution < 1.29 is 14.3 Å². The number of hydrogen-bond acceptors (Lipinski definition) is 8. The third-order valence-corrected chi connectivity index (χ3v) is 5.02. The zero-order valence-electron chi connectivity index (χ0n) is 15.4. The maximum Gasteiger partial charge on any atom is 0.409 e. The lowest BCUT2D eigenvalue weighted by Crippen LogP contribution is -2.58. The second-order valence-corrected chi connectivity index (χ2v) is 6.70. The van der Waals surface area contributed by atoms with Gasteiger partial charge in [-0.15, -0.1) is 5.10 Å². The van der Waals surface area contributed by atoms with Gasteiger partial charge in [0.05, 0.1) is 12.5 Å². The van der Waals surface area contributed by atoms with E-state index in [2.05, 4.69) is 20.3 Å². The molecule has 4 rings (SSSR count). The summed E-state index contributed by atoms with van der Waals surface area (Å²) < 4.78 is 6.61. The standard InChI is InChI=1S/C16H22N8O3/c1-3-27-16(26)23-6-4-22(5-7-23)15(25)11-8-24(9-11)14-12-13(17-10-18-14)21(2)20-19-12/h10-11H,3-9H2,1-2H3. The molecule has 27 heavy (non-hydrogen) atoms. The molecule has 11 heteroatoms. The number of hydrogen-bond donors (Lipinski definition) is 0. The summed E-state index contributed by atoms with van der Waals surface area (Å²) in [4.78, 5) is 38.5. The van der Waals surface area contributed by atoms with Crippen LogP contribution in [0.25, 0.3) is 11.2 Å². The van der Waals surface area contributed by atoms with Crippen LogP contribution in [0, 0.1) is 5.92 Å². The molecular weight excluding hydrogens is 352 g/mol. The first-order valence-electron chi connectivity index (χ1n) is 9.04. The molecule has 11 nitrogen and oxygen atoms in total. The highest BCUT2D eigenvalue weighted by molar-refractivity contribution is 5.86. The smallest absolute Gasteiger partial charge is 0.409 e. The Balaban J connectivity index is 1.33. The van der Waals surface area contributed by atoms with Crippen LogP contribution in [0.4, 0.5) is 10.6 Å². The van der Waals surface area contributed by atoms with Crippen LogP contribution in [0.15, 0.2) is 6.33 Å². The fourth-order valence-electron chi connectivity index (χ4n) is 3.46. The van der Waals surface area contributed by atoms with E-state index in [0.717, 1.165) is 0 Å². The Morgan fingerprint density at radius 1 is 1.15 bits per heavy atom. The Hall–Kier alpha value is -2.98. The van der Waals surface area contributed by atoms with Crippen molar-refractivity contribution >= 4 is 29.0 Å². The van der Waals surface area contributed by atoms with Crippen LogP contribution in [0.1, 0.15) is 6.92 Å². The Labute approximate surface area is 155 Å². The van der Waals surface area contributed by atoms with Crippen molar-refractivity contribution in [2.24, 2.45) is 13.0 Å². The normalized spacial score (nSPS) is 17.9. The first-order chi connectivity index (χ1) is 13.1. The van der Waals surface area contributed by atoms with Gasteiger partial charge in [-0.3, -0.25) is 4.79 Å². The first kappa shape index (κ1) is 17.4. The number of anilines is 1. The number of ether oxygens (including phenoxy) is 1. The summed E-state index contributed by atoms with van der Waals surface area (Å²) in [7, 11) is 1.78. The number of rotatable bonds is 3. The summed E-state index contributed by atoms with van der Waals surface area (Å²) in [6.45, 7) is 5.43. The average Bonchev–Trinajstić information content (AvgIpc) is 3.03. The minimum absolute atomic E-state index is 0.0687. The minimum Gasteiger partial charge on any atom is -0.450 e. The highest BCUT2D eigenvalue weighted by Crippen LogP contribution is 2.28. The molecule has 0 radical (unpaired) electrons. The molecule has 2 aliphatic heterocycles. The van der Waals surface area contributed by atoms with E-state index < -0.39 is 0 Å². The Morgan fingerprint density at radius 2 is 1.85 bits per heavy atom. The number of piperazine rings is 1. The quantitative estimate of drug-likeness (QED) is 0.707. The van der Waals surface area contributed by atoms with Gasteiger partial charge in [-0.05, 0) is 6.92 Å². The van der Waals surface area contributed by atoms with Crippen LogP contribution in [-0.4, -0.2) is 92.6 Å². The molecule has 0 bridgehead atoms. The summed E-state index contributed by atoms with van der Waals surface area (Å²) in [5.41, 5.74) is 1.32. The van der Waals surface area contributed by atoms with Gasteiger partial charge in [0, 0.05) is 46.3 Å².